The average Bonchev–Trinajstić information content (AvgIpc) is 2.54. The molecular weight excluding hydrogens is 218 g/mol. The Morgan fingerprint density at radius 2 is 2.06 bits per heavy atom. The molecule has 2 rings (SSSR count). The largest absolute Gasteiger partial charge is 0.458 e. The zero-order valence-corrected chi connectivity index (χ0v) is 10.4. The number of nitrogens with zero attached hydrogens (tertiary/aromatic N) is 3. The molecule has 0 spiro atoms. The van der Waals surface area contributed by atoms with Crippen molar-refractivity contribution < 1.29 is 9.53 Å². The van der Waals surface area contributed by atoms with E-state index >= 15 is 0 Å². The van der Waals surface area contributed by atoms with E-state index in [1.807, 2.05) is 27.7 Å². The van der Waals surface area contributed by atoms with Crippen LogP contribution in [0.5, 0.6) is 0 Å². The predicted octanol–water partition coefficient (Wildman–Crippen LogP) is 1.91. The molecule has 0 aliphatic carbocycles. The van der Waals surface area contributed by atoms with Gasteiger partial charge in [-0.15, -0.1) is 0 Å². The van der Waals surface area contributed by atoms with Crippen molar-refractivity contribution in [2.75, 3.05) is 0 Å². The van der Waals surface area contributed by atoms with Crippen LogP contribution >= 0.6 is 0 Å². The van der Waals surface area contributed by atoms with E-state index in [-0.39, 0.29) is 6.10 Å². The molecule has 0 aliphatic heterocycles. The second-order valence-corrected chi connectivity index (χ2v) is 4.23. The van der Waals surface area contributed by atoms with Crippen LogP contribution in [0.25, 0.3) is 5.65 Å². The molecule has 5 nitrogen and oxygen atoms in total. The average molecular weight is 233 g/mol. The highest BCUT2D eigenvalue weighted by molar-refractivity contribution is 5.87. The van der Waals surface area contributed by atoms with Crippen molar-refractivity contribution in [3.63, 3.8) is 0 Å². The third-order valence-corrected chi connectivity index (χ3v) is 2.49. The summed E-state index contributed by atoms with van der Waals surface area (Å²) < 4.78 is 6.76. The first-order chi connectivity index (χ1) is 7.99. The van der Waals surface area contributed by atoms with Crippen molar-refractivity contribution in [2.45, 2.75) is 33.8 Å². The minimum Gasteiger partial charge on any atom is -0.458 e. The fourth-order valence-electron chi connectivity index (χ4n) is 1.54. The highest BCUT2D eigenvalue weighted by atomic mass is 16.5. The lowest BCUT2D eigenvalue weighted by Gasteiger charge is -2.07. The van der Waals surface area contributed by atoms with E-state index in [1.54, 1.807) is 16.6 Å². The number of imidazole rings is 1. The maximum absolute atomic E-state index is 11.7. The van der Waals surface area contributed by atoms with Crippen molar-refractivity contribution >= 4 is 11.6 Å². The molecule has 0 saturated carbocycles. The molecule has 0 aliphatic rings. The van der Waals surface area contributed by atoms with Gasteiger partial charge in [-0.25, -0.2) is 14.3 Å². The van der Waals surface area contributed by atoms with Gasteiger partial charge in [0.25, 0.3) is 0 Å². The summed E-state index contributed by atoms with van der Waals surface area (Å²) in [6.07, 6.45) is -0.148. The molecule has 0 unspecified atom stereocenters. The summed E-state index contributed by atoms with van der Waals surface area (Å²) in [6, 6.07) is 3.40. The van der Waals surface area contributed by atoms with Crippen molar-refractivity contribution in [3.8, 4) is 0 Å². The Kier molecular flexibility index (Phi) is 2.83. The summed E-state index contributed by atoms with van der Waals surface area (Å²) in [7, 11) is 0. The van der Waals surface area contributed by atoms with E-state index in [4.69, 9.17) is 4.74 Å². The quantitative estimate of drug-likeness (QED) is 0.743. The molecule has 17 heavy (non-hydrogen) atoms. The lowest BCUT2D eigenvalue weighted by Crippen LogP contribution is -2.14. The SMILES string of the molecule is Cc1nc2ccc(C(=O)OC(C)C)nn2c1C. The fourth-order valence-corrected chi connectivity index (χ4v) is 1.54. The number of esters is 1. The number of hydrogen-bond acceptors (Lipinski definition) is 4. The molecule has 2 aromatic heterocycles. The van der Waals surface area contributed by atoms with Gasteiger partial charge in [0.05, 0.1) is 17.5 Å². The normalized spacial score (nSPS) is 11.1. The predicted molar refractivity (Wildman–Crippen MR) is 63.0 cm³/mol. The smallest absolute Gasteiger partial charge is 0.359 e. The fraction of sp³-hybridized carbons (Fsp3) is 0.417. The van der Waals surface area contributed by atoms with Gasteiger partial charge >= 0.3 is 5.97 Å². The van der Waals surface area contributed by atoms with Crippen molar-refractivity contribution in [2.24, 2.45) is 0 Å². The molecule has 0 aromatic carbocycles. The van der Waals surface area contributed by atoms with E-state index in [0.717, 1.165) is 17.0 Å². The maximum Gasteiger partial charge on any atom is 0.359 e. The molecule has 0 N–H and O–H groups in total. The minimum absolute atomic E-state index is 0.148. The summed E-state index contributed by atoms with van der Waals surface area (Å²) in [5.41, 5.74) is 2.87. The van der Waals surface area contributed by atoms with Crippen LogP contribution in [0.1, 0.15) is 35.7 Å². The molecule has 2 aromatic rings. The molecule has 0 amide bonds. The van der Waals surface area contributed by atoms with Crippen molar-refractivity contribution in [1.82, 2.24) is 14.6 Å². The number of aryl methyl sites for hydroxylation is 2. The van der Waals surface area contributed by atoms with E-state index in [0.29, 0.717) is 5.69 Å². The van der Waals surface area contributed by atoms with Gasteiger partial charge in [0, 0.05) is 0 Å². The lowest BCUT2D eigenvalue weighted by atomic mass is 10.4. The highest BCUT2D eigenvalue weighted by Gasteiger charge is 2.13. The molecule has 0 atom stereocenters. The van der Waals surface area contributed by atoms with Gasteiger partial charge in [-0.2, -0.15) is 5.10 Å². The maximum atomic E-state index is 11.7. The number of carbonyl (C=O) groups excluding carboxylic acids is 1. The Balaban J connectivity index is 2.43. The minimum atomic E-state index is -0.410. The van der Waals surface area contributed by atoms with E-state index in [9.17, 15) is 4.79 Å². The Bertz CT molecular complexity index is 572. The zero-order valence-electron chi connectivity index (χ0n) is 10.4. The first kappa shape index (κ1) is 11.6. The van der Waals surface area contributed by atoms with Gasteiger partial charge in [0.1, 0.15) is 0 Å². The van der Waals surface area contributed by atoms with Crippen LogP contribution in [0.15, 0.2) is 12.1 Å². The third-order valence-electron chi connectivity index (χ3n) is 2.49. The summed E-state index contributed by atoms with van der Waals surface area (Å²) in [5, 5.41) is 4.23. The van der Waals surface area contributed by atoms with Crippen molar-refractivity contribution in [3.05, 3.63) is 29.2 Å². The van der Waals surface area contributed by atoms with Gasteiger partial charge in [0.15, 0.2) is 11.3 Å². The molecule has 0 bridgehead atoms. The second kappa shape index (κ2) is 4.16. The number of hydrogen-bond donors (Lipinski definition) is 0. The summed E-state index contributed by atoms with van der Waals surface area (Å²) in [6.45, 7) is 7.45. The molecule has 5 heteroatoms. The van der Waals surface area contributed by atoms with Crippen LogP contribution < -0.4 is 0 Å². The Labute approximate surface area is 99.4 Å². The first-order valence-electron chi connectivity index (χ1n) is 5.53. The lowest BCUT2D eigenvalue weighted by molar-refractivity contribution is 0.0369. The van der Waals surface area contributed by atoms with E-state index < -0.39 is 5.97 Å². The zero-order chi connectivity index (χ0) is 12.6. The molecule has 0 radical (unpaired) electrons. The second-order valence-electron chi connectivity index (χ2n) is 4.23. The van der Waals surface area contributed by atoms with Gasteiger partial charge in [-0.3, -0.25) is 0 Å². The van der Waals surface area contributed by atoms with Crippen LogP contribution in [-0.2, 0) is 4.74 Å². The topological polar surface area (TPSA) is 56.5 Å². The number of aromatic nitrogens is 3. The van der Waals surface area contributed by atoms with E-state index in [2.05, 4.69) is 10.1 Å². The standard InChI is InChI=1S/C12H15N3O2/c1-7(2)17-12(16)10-5-6-11-13-8(3)9(4)15(11)14-10/h5-7H,1-4H3. The first-order valence-corrected chi connectivity index (χ1v) is 5.53. The number of fused-ring (bicyclic) bond motifs is 1. The summed E-state index contributed by atoms with van der Waals surface area (Å²) >= 11 is 0. The van der Waals surface area contributed by atoms with Crippen LogP contribution in [-0.4, -0.2) is 26.7 Å². The highest BCUT2D eigenvalue weighted by Crippen LogP contribution is 2.10. The monoisotopic (exact) mass is 233 g/mol. The molecule has 0 saturated heterocycles. The van der Waals surface area contributed by atoms with Crippen LogP contribution in [0.3, 0.4) is 0 Å². The molecule has 2 heterocycles. The van der Waals surface area contributed by atoms with Gasteiger partial charge < -0.3 is 4.74 Å². The molecular formula is C12H15N3O2. The molecule has 90 valence electrons. The third kappa shape index (κ3) is 2.13. The van der Waals surface area contributed by atoms with Gasteiger partial charge in [-0.1, -0.05) is 0 Å². The number of ether oxygens (including phenoxy) is 1. The van der Waals surface area contributed by atoms with Crippen molar-refractivity contribution in [1.29, 1.82) is 0 Å². The molecule has 0 fully saturated rings. The Hall–Kier alpha value is -1.91. The van der Waals surface area contributed by atoms with Crippen LogP contribution in [0.2, 0.25) is 0 Å². The summed E-state index contributed by atoms with van der Waals surface area (Å²) in [4.78, 5) is 16.0. The van der Waals surface area contributed by atoms with E-state index in [1.165, 1.54) is 0 Å². The summed E-state index contributed by atoms with van der Waals surface area (Å²) in [5.74, 6) is -0.410. The number of carbonyl (C=O) groups is 1. The van der Waals surface area contributed by atoms with Crippen LogP contribution in [0.4, 0.5) is 0 Å². The Morgan fingerprint density at radius 3 is 2.71 bits per heavy atom. The van der Waals surface area contributed by atoms with Crippen LogP contribution in [0, 0.1) is 13.8 Å². The number of rotatable bonds is 2. The van der Waals surface area contributed by atoms with Gasteiger partial charge in [-0.05, 0) is 39.8 Å². The van der Waals surface area contributed by atoms with Gasteiger partial charge in [0.2, 0.25) is 0 Å². The Morgan fingerprint density at radius 1 is 1.35 bits per heavy atom.